The smallest absolute Gasteiger partial charge is 0.253 e. The molecular formula is C15H19N3O. The van der Waals surface area contributed by atoms with E-state index in [4.69, 9.17) is 5.26 Å². The van der Waals surface area contributed by atoms with Crippen LogP contribution in [0.2, 0.25) is 0 Å². The Morgan fingerprint density at radius 2 is 2.21 bits per heavy atom. The Balaban J connectivity index is 2.04. The van der Waals surface area contributed by atoms with Crippen LogP contribution >= 0.6 is 0 Å². The normalized spacial score (nSPS) is 18.9. The van der Waals surface area contributed by atoms with E-state index in [-0.39, 0.29) is 5.91 Å². The molecule has 2 rings (SSSR count). The van der Waals surface area contributed by atoms with Gasteiger partial charge in [0.2, 0.25) is 0 Å². The molecule has 0 aliphatic carbocycles. The van der Waals surface area contributed by atoms with Crippen LogP contribution in [0, 0.1) is 17.2 Å². The van der Waals surface area contributed by atoms with Gasteiger partial charge in [-0.1, -0.05) is 0 Å². The Kier molecular flexibility index (Phi) is 4.53. The number of nitriles is 1. The molecule has 1 amide bonds. The van der Waals surface area contributed by atoms with E-state index < -0.39 is 0 Å². The van der Waals surface area contributed by atoms with Crippen LogP contribution in [0.4, 0.5) is 0 Å². The first-order chi connectivity index (χ1) is 9.24. The van der Waals surface area contributed by atoms with Crippen LogP contribution in [-0.2, 0) is 0 Å². The predicted molar refractivity (Wildman–Crippen MR) is 73.7 cm³/mol. The van der Waals surface area contributed by atoms with E-state index >= 15 is 0 Å². The zero-order valence-electron chi connectivity index (χ0n) is 11.2. The Morgan fingerprint density at radius 3 is 2.84 bits per heavy atom. The maximum absolute atomic E-state index is 12.4. The van der Waals surface area contributed by atoms with Gasteiger partial charge in [0.05, 0.1) is 11.6 Å². The lowest BCUT2D eigenvalue weighted by Gasteiger charge is -2.32. The second-order valence-corrected chi connectivity index (χ2v) is 5.01. The Morgan fingerprint density at radius 1 is 1.47 bits per heavy atom. The number of benzene rings is 1. The largest absolute Gasteiger partial charge is 0.338 e. The van der Waals surface area contributed by atoms with Crippen molar-refractivity contribution >= 4 is 5.91 Å². The summed E-state index contributed by atoms with van der Waals surface area (Å²) < 4.78 is 0. The average molecular weight is 257 g/mol. The molecule has 1 saturated heterocycles. The zero-order chi connectivity index (χ0) is 13.7. The minimum atomic E-state index is 0.0743. The van der Waals surface area contributed by atoms with Gasteiger partial charge in [-0.05, 0) is 56.6 Å². The number of nitrogens with zero attached hydrogens (tertiary/aromatic N) is 2. The van der Waals surface area contributed by atoms with Crippen LogP contribution in [-0.4, -0.2) is 37.5 Å². The van der Waals surface area contributed by atoms with Gasteiger partial charge in [0.25, 0.3) is 5.91 Å². The van der Waals surface area contributed by atoms with Crippen molar-refractivity contribution < 1.29 is 4.79 Å². The third-order valence-corrected chi connectivity index (χ3v) is 3.56. The van der Waals surface area contributed by atoms with Crippen molar-refractivity contribution in [1.82, 2.24) is 10.2 Å². The van der Waals surface area contributed by atoms with Crippen molar-refractivity contribution in [3.05, 3.63) is 35.4 Å². The molecule has 1 heterocycles. The van der Waals surface area contributed by atoms with Crippen molar-refractivity contribution in [2.45, 2.75) is 12.8 Å². The second-order valence-electron chi connectivity index (χ2n) is 5.01. The monoisotopic (exact) mass is 257 g/mol. The van der Waals surface area contributed by atoms with Gasteiger partial charge < -0.3 is 10.2 Å². The fourth-order valence-electron chi connectivity index (χ4n) is 2.57. The molecule has 0 bridgehead atoms. The molecule has 0 radical (unpaired) electrons. The predicted octanol–water partition coefficient (Wildman–Crippen LogP) is 1.63. The van der Waals surface area contributed by atoms with Crippen molar-refractivity contribution in [2.75, 3.05) is 26.7 Å². The fourth-order valence-corrected chi connectivity index (χ4v) is 2.57. The van der Waals surface area contributed by atoms with Crippen molar-refractivity contribution in [1.29, 1.82) is 5.26 Å². The van der Waals surface area contributed by atoms with Gasteiger partial charge >= 0.3 is 0 Å². The Hall–Kier alpha value is -1.86. The molecule has 1 aromatic carbocycles. The number of rotatable bonds is 3. The minimum Gasteiger partial charge on any atom is -0.338 e. The minimum absolute atomic E-state index is 0.0743. The molecular weight excluding hydrogens is 238 g/mol. The molecule has 0 aromatic heterocycles. The van der Waals surface area contributed by atoms with Crippen LogP contribution in [0.15, 0.2) is 24.3 Å². The molecule has 1 fully saturated rings. The van der Waals surface area contributed by atoms with Crippen LogP contribution in [0.5, 0.6) is 0 Å². The molecule has 0 saturated carbocycles. The molecule has 1 atom stereocenters. The molecule has 4 nitrogen and oxygen atoms in total. The first-order valence-corrected chi connectivity index (χ1v) is 6.68. The number of amides is 1. The maximum Gasteiger partial charge on any atom is 0.253 e. The van der Waals surface area contributed by atoms with E-state index in [1.807, 2.05) is 11.9 Å². The number of likely N-dealkylation sites (tertiary alicyclic amines) is 1. The number of carbonyl (C=O) groups excluding carboxylic acids is 1. The third kappa shape index (κ3) is 3.33. The average Bonchev–Trinajstić information content (AvgIpc) is 2.47. The molecule has 0 spiro atoms. The SMILES string of the molecule is CNCC1CCCN(C(=O)c2ccc(C#N)cc2)C1. The van der Waals surface area contributed by atoms with E-state index in [2.05, 4.69) is 11.4 Å². The van der Waals surface area contributed by atoms with E-state index in [1.54, 1.807) is 24.3 Å². The molecule has 19 heavy (non-hydrogen) atoms. The second kappa shape index (κ2) is 6.35. The van der Waals surface area contributed by atoms with E-state index in [1.165, 1.54) is 6.42 Å². The number of carbonyl (C=O) groups is 1. The number of hydrogen-bond acceptors (Lipinski definition) is 3. The van der Waals surface area contributed by atoms with Gasteiger partial charge in [-0.25, -0.2) is 0 Å². The summed E-state index contributed by atoms with van der Waals surface area (Å²) in [6, 6.07) is 8.93. The molecule has 1 N–H and O–H groups in total. The summed E-state index contributed by atoms with van der Waals surface area (Å²) in [5.74, 6) is 0.617. The van der Waals surface area contributed by atoms with Crippen LogP contribution < -0.4 is 5.32 Å². The van der Waals surface area contributed by atoms with Gasteiger partial charge in [-0.2, -0.15) is 5.26 Å². The maximum atomic E-state index is 12.4. The molecule has 1 unspecified atom stereocenters. The van der Waals surface area contributed by atoms with Crippen LogP contribution in [0.1, 0.15) is 28.8 Å². The standard InChI is InChI=1S/C15H19N3O/c1-17-10-13-3-2-8-18(11-13)15(19)14-6-4-12(9-16)5-7-14/h4-7,13,17H,2-3,8,10-11H2,1H3. The van der Waals surface area contributed by atoms with Gasteiger partial charge in [0.15, 0.2) is 0 Å². The summed E-state index contributed by atoms with van der Waals surface area (Å²) in [5, 5.41) is 11.9. The molecule has 1 aromatic rings. The van der Waals surface area contributed by atoms with Gasteiger partial charge in [-0.3, -0.25) is 4.79 Å². The van der Waals surface area contributed by atoms with Crippen molar-refractivity contribution in [3.8, 4) is 6.07 Å². The topological polar surface area (TPSA) is 56.1 Å². The van der Waals surface area contributed by atoms with Gasteiger partial charge in [0.1, 0.15) is 0 Å². The van der Waals surface area contributed by atoms with Crippen LogP contribution in [0.3, 0.4) is 0 Å². The summed E-state index contributed by atoms with van der Waals surface area (Å²) in [6.45, 7) is 2.61. The zero-order valence-corrected chi connectivity index (χ0v) is 11.2. The number of hydrogen-bond donors (Lipinski definition) is 1. The highest BCUT2D eigenvalue weighted by Crippen LogP contribution is 2.18. The highest BCUT2D eigenvalue weighted by Gasteiger charge is 2.23. The molecule has 1 aliphatic rings. The summed E-state index contributed by atoms with van der Waals surface area (Å²) >= 11 is 0. The summed E-state index contributed by atoms with van der Waals surface area (Å²) in [6.07, 6.45) is 2.24. The highest BCUT2D eigenvalue weighted by atomic mass is 16.2. The van der Waals surface area contributed by atoms with Crippen molar-refractivity contribution in [3.63, 3.8) is 0 Å². The lowest BCUT2D eigenvalue weighted by atomic mass is 9.97. The number of piperidine rings is 1. The Bertz CT molecular complexity index is 473. The van der Waals surface area contributed by atoms with E-state index in [9.17, 15) is 4.79 Å². The summed E-state index contributed by atoms with van der Waals surface area (Å²) in [5.41, 5.74) is 1.26. The summed E-state index contributed by atoms with van der Waals surface area (Å²) in [4.78, 5) is 14.3. The molecule has 1 aliphatic heterocycles. The first-order valence-electron chi connectivity index (χ1n) is 6.68. The highest BCUT2D eigenvalue weighted by molar-refractivity contribution is 5.94. The van der Waals surface area contributed by atoms with Crippen LogP contribution in [0.25, 0.3) is 0 Å². The van der Waals surface area contributed by atoms with Gasteiger partial charge in [0, 0.05) is 18.7 Å². The van der Waals surface area contributed by atoms with Crippen molar-refractivity contribution in [2.24, 2.45) is 5.92 Å². The molecule has 4 heteroatoms. The lowest BCUT2D eigenvalue weighted by molar-refractivity contribution is 0.0674. The summed E-state index contributed by atoms with van der Waals surface area (Å²) in [7, 11) is 1.95. The van der Waals surface area contributed by atoms with E-state index in [0.29, 0.717) is 17.0 Å². The van der Waals surface area contributed by atoms with Gasteiger partial charge in [-0.15, -0.1) is 0 Å². The lowest BCUT2D eigenvalue weighted by Crippen LogP contribution is -2.42. The fraction of sp³-hybridized carbons (Fsp3) is 0.467. The van der Waals surface area contributed by atoms with E-state index in [0.717, 1.165) is 26.1 Å². The third-order valence-electron chi connectivity index (χ3n) is 3.56. The molecule has 100 valence electrons. The quantitative estimate of drug-likeness (QED) is 0.895. The Labute approximate surface area is 114 Å². The number of nitrogens with one attached hydrogen (secondary N) is 1. The first kappa shape index (κ1) is 13.6.